The number of hydrazine groups is 1. The molecule has 0 fully saturated rings. The Morgan fingerprint density at radius 1 is 1.22 bits per heavy atom. The number of nitrogens with one attached hydrogen (secondary N) is 1. The summed E-state index contributed by atoms with van der Waals surface area (Å²) in [6.07, 6.45) is 0. The Hall–Kier alpha value is -0.760. The van der Waals surface area contributed by atoms with Crippen LogP contribution in [0.4, 0.5) is 5.82 Å². The van der Waals surface area contributed by atoms with Crippen LogP contribution in [0.3, 0.4) is 0 Å². The molecule has 1 aromatic heterocycles. The van der Waals surface area contributed by atoms with E-state index in [9.17, 15) is 0 Å². The molecule has 2 rings (SSSR count). The molecule has 18 heavy (non-hydrogen) atoms. The molecule has 0 bridgehead atoms. The van der Waals surface area contributed by atoms with Crippen LogP contribution >= 0.6 is 45.8 Å². The number of nitrogens with two attached hydrogens (primary N) is 1. The SMILES string of the molecule is NNc1nc(Oc2cccc(I)c2)c(Cl)cc1Cl. The molecule has 7 heteroatoms. The molecule has 0 atom stereocenters. The molecule has 94 valence electrons. The molecular formula is C11H8Cl2IN3O. The summed E-state index contributed by atoms with van der Waals surface area (Å²) in [5, 5.41) is 0.648. The van der Waals surface area contributed by atoms with E-state index < -0.39 is 0 Å². The molecule has 0 spiro atoms. The van der Waals surface area contributed by atoms with Gasteiger partial charge in [0.05, 0.1) is 5.02 Å². The Morgan fingerprint density at radius 2 is 2.00 bits per heavy atom. The van der Waals surface area contributed by atoms with Gasteiger partial charge in [-0.2, -0.15) is 4.98 Å². The number of benzene rings is 1. The van der Waals surface area contributed by atoms with Gasteiger partial charge >= 0.3 is 0 Å². The van der Waals surface area contributed by atoms with Gasteiger partial charge < -0.3 is 10.2 Å². The first-order chi connectivity index (χ1) is 8.60. The predicted molar refractivity (Wildman–Crippen MR) is 81.3 cm³/mol. The van der Waals surface area contributed by atoms with Gasteiger partial charge in [-0.15, -0.1) is 0 Å². The Labute approximate surface area is 128 Å². The zero-order valence-corrected chi connectivity index (χ0v) is 12.6. The zero-order chi connectivity index (χ0) is 13.1. The van der Waals surface area contributed by atoms with Crippen LogP contribution in [0.5, 0.6) is 11.6 Å². The van der Waals surface area contributed by atoms with Gasteiger partial charge in [0.1, 0.15) is 10.8 Å². The summed E-state index contributed by atoms with van der Waals surface area (Å²) in [5.74, 6) is 6.48. The van der Waals surface area contributed by atoms with Gasteiger partial charge in [-0.1, -0.05) is 29.3 Å². The van der Waals surface area contributed by atoms with Crippen LogP contribution in [-0.4, -0.2) is 4.98 Å². The van der Waals surface area contributed by atoms with Crippen LogP contribution < -0.4 is 16.0 Å². The fourth-order valence-corrected chi connectivity index (χ4v) is 2.23. The van der Waals surface area contributed by atoms with E-state index in [1.165, 1.54) is 6.07 Å². The highest BCUT2D eigenvalue weighted by Gasteiger charge is 2.10. The zero-order valence-electron chi connectivity index (χ0n) is 8.95. The minimum absolute atomic E-state index is 0.246. The lowest BCUT2D eigenvalue weighted by atomic mass is 10.3. The van der Waals surface area contributed by atoms with Crippen LogP contribution in [0.25, 0.3) is 0 Å². The second-order valence-electron chi connectivity index (χ2n) is 3.31. The van der Waals surface area contributed by atoms with Crippen LogP contribution in [0.1, 0.15) is 0 Å². The molecule has 1 heterocycles. The van der Waals surface area contributed by atoms with Crippen molar-refractivity contribution in [2.75, 3.05) is 5.43 Å². The van der Waals surface area contributed by atoms with Crippen molar-refractivity contribution >= 4 is 51.6 Å². The molecule has 4 nitrogen and oxygen atoms in total. The van der Waals surface area contributed by atoms with Crippen LogP contribution in [0, 0.1) is 3.57 Å². The lowest BCUT2D eigenvalue weighted by Gasteiger charge is -2.09. The van der Waals surface area contributed by atoms with Gasteiger partial charge in [-0.3, -0.25) is 0 Å². The van der Waals surface area contributed by atoms with E-state index >= 15 is 0 Å². The number of hydrogen-bond donors (Lipinski definition) is 2. The minimum atomic E-state index is 0.246. The fraction of sp³-hybridized carbons (Fsp3) is 0. The number of nitrogens with zero attached hydrogens (tertiary/aromatic N) is 1. The number of nitrogen functional groups attached to an aromatic ring is 1. The molecule has 0 aliphatic heterocycles. The predicted octanol–water partition coefficient (Wildman–Crippen LogP) is 4.07. The van der Waals surface area contributed by atoms with E-state index in [1.54, 1.807) is 0 Å². The van der Waals surface area contributed by atoms with Crippen LogP contribution in [0.15, 0.2) is 30.3 Å². The van der Waals surface area contributed by atoms with Crippen LogP contribution in [-0.2, 0) is 0 Å². The van der Waals surface area contributed by atoms with Gasteiger partial charge in [0.25, 0.3) is 0 Å². The van der Waals surface area contributed by atoms with E-state index in [0.29, 0.717) is 21.6 Å². The summed E-state index contributed by atoms with van der Waals surface area (Å²) >= 11 is 14.1. The average Bonchev–Trinajstić information content (AvgIpc) is 2.33. The first-order valence-electron chi connectivity index (χ1n) is 4.86. The van der Waals surface area contributed by atoms with Gasteiger partial charge in [0.2, 0.25) is 5.88 Å². The molecular weight excluding hydrogens is 388 g/mol. The number of ether oxygens (including phenoxy) is 1. The van der Waals surface area contributed by atoms with Gasteiger partial charge in [-0.25, -0.2) is 5.84 Å². The number of hydrogen-bond acceptors (Lipinski definition) is 4. The normalized spacial score (nSPS) is 10.2. The molecule has 0 aliphatic rings. The van der Waals surface area contributed by atoms with Crippen molar-refractivity contribution in [1.29, 1.82) is 0 Å². The Bertz CT molecular complexity index is 580. The summed E-state index contributed by atoms with van der Waals surface area (Å²) in [6, 6.07) is 9.03. The molecule has 0 unspecified atom stereocenters. The van der Waals surface area contributed by atoms with Crippen molar-refractivity contribution in [2.24, 2.45) is 5.84 Å². The molecule has 2 aromatic rings. The number of anilines is 1. The van der Waals surface area contributed by atoms with E-state index in [4.69, 9.17) is 33.8 Å². The average molecular weight is 396 g/mol. The van der Waals surface area contributed by atoms with E-state index in [-0.39, 0.29) is 5.88 Å². The maximum Gasteiger partial charge on any atom is 0.240 e. The van der Waals surface area contributed by atoms with Crippen molar-refractivity contribution in [1.82, 2.24) is 4.98 Å². The topological polar surface area (TPSA) is 60.2 Å². The molecule has 0 aliphatic carbocycles. The van der Waals surface area contributed by atoms with Crippen molar-refractivity contribution in [3.63, 3.8) is 0 Å². The molecule has 0 saturated heterocycles. The largest absolute Gasteiger partial charge is 0.437 e. The van der Waals surface area contributed by atoms with Crippen molar-refractivity contribution in [3.8, 4) is 11.6 Å². The summed E-state index contributed by atoms with van der Waals surface area (Å²) in [6.45, 7) is 0. The second-order valence-corrected chi connectivity index (χ2v) is 5.37. The highest BCUT2D eigenvalue weighted by Crippen LogP contribution is 2.33. The summed E-state index contributed by atoms with van der Waals surface area (Å²) in [7, 11) is 0. The third-order valence-corrected chi connectivity index (χ3v) is 3.27. The van der Waals surface area contributed by atoms with E-state index in [0.717, 1.165) is 3.57 Å². The standard InChI is InChI=1S/C11H8Cl2IN3O/c12-8-5-9(13)11(16-10(8)17-15)18-7-3-1-2-6(14)4-7/h1-5H,15H2,(H,16,17). The smallest absolute Gasteiger partial charge is 0.240 e. The maximum atomic E-state index is 6.01. The number of pyridine rings is 1. The maximum absolute atomic E-state index is 6.01. The lowest BCUT2D eigenvalue weighted by Crippen LogP contribution is -2.09. The molecule has 1 aromatic carbocycles. The molecule has 3 N–H and O–H groups in total. The van der Waals surface area contributed by atoms with E-state index in [1.807, 2.05) is 24.3 Å². The fourth-order valence-electron chi connectivity index (χ4n) is 1.26. The van der Waals surface area contributed by atoms with Crippen molar-refractivity contribution < 1.29 is 4.74 Å². The monoisotopic (exact) mass is 395 g/mol. The highest BCUT2D eigenvalue weighted by atomic mass is 127. The Kier molecular flexibility index (Phi) is 4.50. The summed E-state index contributed by atoms with van der Waals surface area (Å²) in [4.78, 5) is 4.09. The first kappa shape index (κ1) is 13.7. The number of aromatic nitrogens is 1. The first-order valence-corrected chi connectivity index (χ1v) is 6.69. The van der Waals surface area contributed by atoms with Crippen molar-refractivity contribution in [3.05, 3.63) is 43.9 Å². The Balaban J connectivity index is 2.34. The third kappa shape index (κ3) is 3.17. The quantitative estimate of drug-likeness (QED) is 0.467. The molecule has 0 amide bonds. The Morgan fingerprint density at radius 3 is 2.67 bits per heavy atom. The number of halogens is 3. The third-order valence-electron chi connectivity index (χ3n) is 2.04. The van der Waals surface area contributed by atoms with Crippen molar-refractivity contribution in [2.45, 2.75) is 0 Å². The summed E-state index contributed by atoms with van der Waals surface area (Å²) in [5.41, 5.74) is 2.38. The number of rotatable bonds is 3. The lowest BCUT2D eigenvalue weighted by molar-refractivity contribution is 0.463. The van der Waals surface area contributed by atoms with Crippen LogP contribution in [0.2, 0.25) is 10.0 Å². The van der Waals surface area contributed by atoms with Gasteiger partial charge in [0.15, 0.2) is 5.82 Å². The van der Waals surface area contributed by atoms with Gasteiger partial charge in [0, 0.05) is 3.57 Å². The second kappa shape index (κ2) is 5.92. The molecule has 0 saturated carbocycles. The molecule has 0 radical (unpaired) electrons. The van der Waals surface area contributed by atoms with E-state index in [2.05, 4.69) is 33.0 Å². The summed E-state index contributed by atoms with van der Waals surface area (Å²) < 4.78 is 6.63. The highest BCUT2D eigenvalue weighted by molar-refractivity contribution is 14.1. The van der Waals surface area contributed by atoms with Gasteiger partial charge in [-0.05, 0) is 46.9 Å². The minimum Gasteiger partial charge on any atom is -0.437 e.